The number of anilines is 1. The monoisotopic (exact) mass is 470 g/mol. The van der Waals surface area contributed by atoms with E-state index < -0.39 is 9.84 Å². The van der Waals surface area contributed by atoms with Gasteiger partial charge >= 0.3 is 0 Å². The number of amides is 1. The van der Waals surface area contributed by atoms with Crippen molar-refractivity contribution >= 4 is 27.2 Å². The molecule has 174 valence electrons. The lowest BCUT2D eigenvalue weighted by Gasteiger charge is -2.31. The lowest BCUT2D eigenvalue weighted by molar-refractivity contribution is -0.117. The molecule has 1 N–H and O–H groups in total. The van der Waals surface area contributed by atoms with Crippen molar-refractivity contribution in [2.24, 2.45) is 5.92 Å². The molecule has 9 heteroatoms. The minimum absolute atomic E-state index is 0.0175. The zero-order valence-corrected chi connectivity index (χ0v) is 19.3. The lowest BCUT2D eigenvalue weighted by Crippen LogP contribution is -2.38. The maximum Gasteiger partial charge on any atom is 0.228 e. The molecule has 1 saturated heterocycles. The summed E-state index contributed by atoms with van der Waals surface area (Å²) < 4.78 is 40.5. The van der Waals surface area contributed by atoms with Gasteiger partial charge in [0.1, 0.15) is 21.3 Å². The molecule has 33 heavy (non-hydrogen) atoms. The molecule has 0 bridgehead atoms. The largest absolute Gasteiger partial charge is 0.309 e. The van der Waals surface area contributed by atoms with Crippen LogP contribution < -0.4 is 5.32 Å². The number of carbonyl (C=O) groups is 1. The normalized spacial score (nSPS) is 18.0. The standard InChI is InChI=1S/C24H27FN4O3S/c1-33(31,32)18-9-11-28(12-10-18)14-16-5-8-19(20(25)13-16)21-3-2-4-23-26-22(15-29(21)23)27-24(30)17-6-7-17/h2-5,8,13,15,17-18H,6-7,9-12,14H2,1H3,(H,27,30). The summed E-state index contributed by atoms with van der Waals surface area (Å²) in [6.07, 6.45) is 6.08. The van der Waals surface area contributed by atoms with Gasteiger partial charge in [-0.3, -0.25) is 14.1 Å². The maximum absolute atomic E-state index is 15.2. The molecule has 1 aliphatic heterocycles. The van der Waals surface area contributed by atoms with Crippen LogP contribution in [0.2, 0.25) is 0 Å². The fraction of sp³-hybridized carbons (Fsp3) is 0.417. The predicted molar refractivity (Wildman–Crippen MR) is 125 cm³/mol. The Kier molecular flexibility index (Phi) is 5.70. The second-order valence-corrected chi connectivity index (χ2v) is 11.5. The smallest absolute Gasteiger partial charge is 0.228 e. The molecule has 1 aromatic carbocycles. The van der Waals surface area contributed by atoms with Crippen molar-refractivity contribution < 1.29 is 17.6 Å². The number of pyridine rings is 1. The van der Waals surface area contributed by atoms with Gasteiger partial charge in [0, 0.05) is 24.3 Å². The zero-order chi connectivity index (χ0) is 23.2. The highest BCUT2D eigenvalue weighted by Crippen LogP contribution is 2.31. The van der Waals surface area contributed by atoms with E-state index in [0.29, 0.717) is 55.2 Å². The topological polar surface area (TPSA) is 83.8 Å². The first-order valence-electron chi connectivity index (χ1n) is 11.3. The van der Waals surface area contributed by atoms with Gasteiger partial charge in [-0.2, -0.15) is 0 Å². The average Bonchev–Trinajstić information content (AvgIpc) is 3.54. The second kappa shape index (κ2) is 8.53. The first-order chi connectivity index (χ1) is 15.8. The summed E-state index contributed by atoms with van der Waals surface area (Å²) in [5.74, 6) is 0.199. The van der Waals surface area contributed by atoms with Gasteiger partial charge in [0.05, 0.1) is 17.1 Å². The number of hydrogen-bond acceptors (Lipinski definition) is 5. The number of fused-ring (bicyclic) bond motifs is 1. The number of piperidine rings is 1. The van der Waals surface area contributed by atoms with Crippen LogP contribution in [0.15, 0.2) is 42.6 Å². The Hall–Kier alpha value is -2.78. The van der Waals surface area contributed by atoms with E-state index in [-0.39, 0.29) is 22.9 Å². The molecule has 0 radical (unpaired) electrons. The number of halogens is 1. The van der Waals surface area contributed by atoms with E-state index in [0.717, 1.165) is 18.4 Å². The summed E-state index contributed by atoms with van der Waals surface area (Å²) in [6.45, 7) is 1.95. The average molecular weight is 471 g/mol. The number of hydrogen-bond donors (Lipinski definition) is 1. The van der Waals surface area contributed by atoms with E-state index in [1.54, 1.807) is 22.7 Å². The summed E-state index contributed by atoms with van der Waals surface area (Å²) in [5.41, 5.74) is 2.60. The Morgan fingerprint density at radius 1 is 1.15 bits per heavy atom. The summed E-state index contributed by atoms with van der Waals surface area (Å²) in [6, 6.07) is 10.7. The van der Waals surface area contributed by atoms with Crippen molar-refractivity contribution in [2.75, 3.05) is 24.7 Å². The number of sulfone groups is 1. The van der Waals surface area contributed by atoms with Crippen molar-refractivity contribution in [3.63, 3.8) is 0 Å². The molecule has 1 amide bonds. The summed E-state index contributed by atoms with van der Waals surface area (Å²) >= 11 is 0. The van der Waals surface area contributed by atoms with Crippen LogP contribution in [0.3, 0.4) is 0 Å². The molecule has 1 saturated carbocycles. The minimum atomic E-state index is -3.01. The number of benzene rings is 1. The third-order valence-electron chi connectivity index (χ3n) is 6.55. The van der Waals surface area contributed by atoms with Crippen LogP contribution in [0.25, 0.3) is 16.9 Å². The van der Waals surface area contributed by atoms with E-state index in [1.807, 2.05) is 24.3 Å². The predicted octanol–water partition coefficient (Wildman–Crippen LogP) is 3.50. The number of rotatable bonds is 6. The molecule has 5 rings (SSSR count). The fourth-order valence-electron chi connectivity index (χ4n) is 4.48. The van der Waals surface area contributed by atoms with Gasteiger partial charge in [-0.05, 0) is 68.6 Å². The highest BCUT2D eigenvalue weighted by atomic mass is 32.2. The molecular weight excluding hydrogens is 443 g/mol. The van der Waals surface area contributed by atoms with Crippen LogP contribution in [-0.2, 0) is 21.2 Å². The maximum atomic E-state index is 15.2. The highest BCUT2D eigenvalue weighted by Gasteiger charge is 2.30. The Bertz CT molecular complexity index is 1310. The van der Waals surface area contributed by atoms with E-state index in [2.05, 4.69) is 15.2 Å². The van der Waals surface area contributed by atoms with Crippen molar-refractivity contribution in [2.45, 2.75) is 37.5 Å². The Morgan fingerprint density at radius 3 is 2.58 bits per heavy atom. The van der Waals surface area contributed by atoms with Crippen LogP contribution in [0, 0.1) is 11.7 Å². The van der Waals surface area contributed by atoms with Gasteiger partial charge in [-0.15, -0.1) is 0 Å². The van der Waals surface area contributed by atoms with E-state index in [9.17, 15) is 13.2 Å². The van der Waals surface area contributed by atoms with Crippen LogP contribution >= 0.6 is 0 Å². The molecule has 1 aliphatic carbocycles. The van der Waals surface area contributed by atoms with Gasteiger partial charge < -0.3 is 5.32 Å². The molecule has 7 nitrogen and oxygen atoms in total. The van der Waals surface area contributed by atoms with Gasteiger partial charge in [0.15, 0.2) is 5.82 Å². The van der Waals surface area contributed by atoms with Crippen molar-refractivity contribution in [1.82, 2.24) is 14.3 Å². The molecule has 3 heterocycles. The first-order valence-corrected chi connectivity index (χ1v) is 13.2. The van der Waals surface area contributed by atoms with Crippen LogP contribution in [0.1, 0.15) is 31.2 Å². The highest BCUT2D eigenvalue weighted by molar-refractivity contribution is 7.91. The molecule has 2 aliphatic rings. The SMILES string of the molecule is CS(=O)(=O)C1CCN(Cc2ccc(-c3cccc4nc(NC(=O)C5CC5)cn34)c(F)c2)CC1. The number of nitrogens with one attached hydrogen (secondary N) is 1. The van der Waals surface area contributed by atoms with Gasteiger partial charge in [-0.1, -0.05) is 12.1 Å². The van der Waals surface area contributed by atoms with Gasteiger partial charge in [0.2, 0.25) is 5.91 Å². The van der Waals surface area contributed by atoms with Crippen molar-refractivity contribution in [3.05, 3.63) is 54.0 Å². The van der Waals surface area contributed by atoms with Crippen LogP contribution in [0.5, 0.6) is 0 Å². The van der Waals surface area contributed by atoms with Crippen molar-refractivity contribution in [1.29, 1.82) is 0 Å². The third-order valence-corrected chi connectivity index (χ3v) is 8.23. The summed E-state index contributed by atoms with van der Waals surface area (Å²) in [5, 5.41) is 2.57. The first kappa shape index (κ1) is 22.0. The molecule has 3 aromatic rings. The number of aromatic nitrogens is 2. The number of nitrogens with zero attached hydrogens (tertiary/aromatic N) is 3. The molecular formula is C24H27FN4O3S. The minimum Gasteiger partial charge on any atom is -0.309 e. The van der Waals surface area contributed by atoms with Gasteiger partial charge in [0.25, 0.3) is 0 Å². The molecule has 0 atom stereocenters. The Balaban J connectivity index is 1.33. The Labute approximate surface area is 192 Å². The van der Waals surface area contributed by atoms with Gasteiger partial charge in [-0.25, -0.2) is 17.8 Å². The lowest BCUT2D eigenvalue weighted by atomic mass is 10.1. The van der Waals surface area contributed by atoms with E-state index in [4.69, 9.17) is 0 Å². The molecule has 0 spiro atoms. The summed E-state index contributed by atoms with van der Waals surface area (Å²) in [7, 11) is -3.01. The van der Waals surface area contributed by atoms with Crippen LogP contribution in [-0.4, -0.2) is 53.2 Å². The molecule has 0 unspecified atom stereocenters. The van der Waals surface area contributed by atoms with E-state index in [1.165, 1.54) is 6.26 Å². The van der Waals surface area contributed by atoms with Crippen molar-refractivity contribution in [3.8, 4) is 11.3 Å². The Morgan fingerprint density at radius 2 is 1.91 bits per heavy atom. The number of imidazole rings is 1. The summed E-state index contributed by atoms with van der Waals surface area (Å²) in [4.78, 5) is 18.7. The fourth-order valence-corrected chi connectivity index (χ4v) is 5.55. The third kappa shape index (κ3) is 4.79. The van der Waals surface area contributed by atoms with E-state index >= 15 is 4.39 Å². The van der Waals surface area contributed by atoms with Crippen LogP contribution in [0.4, 0.5) is 10.2 Å². The molecule has 2 aromatic heterocycles. The second-order valence-electron chi connectivity index (χ2n) is 9.15. The quantitative estimate of drug-likeness (QED) is 0.596. The number of carbonyl (C=O) groups excluding carboxylic acids is 1. The zero-order valence-electron chi connectivity index (χ0n) is 18.5. The number of likely N-dealkylation sites (tertiary alicyclic amines) is 1. The molecule has 2 fully saturated rings.